The van der Waals surface area contributed by atoms with Gasteiger partial charge in [0.15, 0.2) is 6.61 Å². The van der Waals surface area contributed by atoms with Gasteiger partial charge in [-0.1, -0.05) is 23.4 Å². The molecule has 3 rings (SSSR count). The highest BCUT2D eigenvalue weighted by Crippen LogP contribution is 2.17. The molecule has 3 aromatic rings. The van der Waals surface area contributed by atoms with E-state index in [4.69, 9.17) is 9.26 Å². The highest BCUT2D eigenvalue weighted by molar-refractivity contribution is 5.51. The normalized spacial score (nSPS) is 10.6. The quantitative estimate of drug-likeness (QED) is 0.732. The van der Waals surface area contributed by atoms with E-state index in [-0.39, 0.29) is 6.61 Å². The second-order valence-electron chi connectivity index (χ2n) is 4.62. The molecule has 0 amide bonds. The van der Waals surface area contributed by atoms with Crippen molar-refractivity contribution >= 4 is 0 Å². The maximum atomic E-state index is 5.52. The fraction of sp³-hybridized carbons (Fsp3) is 0.200. The van der Waals surface area contributed by atoms with Crippen LogP contribution in [0, 0.1) is 13.8 Å². The minimum absolute atomic E-state index is 0.188. The molecule has 0 fully saturated rings. The predicted molar refractivity (Wildman–Crippen MR) is 75.6 cm³/mol. The topological polar surface area (TPSA) is 73.9 Å². The third-order valence-electron chi connectivity index (χ3n) is 3.05. The summed E-state index contributed by atoms with van der Waals surface area (Å²) in [5.74, 6) is 1.39. The number of rotatable bonds is 4. The molecule has 106 valence electrons. The van der Waals surface area contributed by atoms with Gasteiger partial charge in [-0.2, -0.15) is 10.1 Å². The fourth-order valence-electron chi connectivity index (χ4n) is 1.74. The van der Waals surface area contributed by atoms with Gasteiger partial charge in [0.1, 0.15) is 0 Å². The van der Waals surface area contributed by atoms with E-state index in [1.807, 2.05) is 50.2 Å². The standard InChI is InChI=1S/C15H14N4O2/c1-10-8-14(18-17-11(10)2)20-9-13-16-15(21-19-13)12-6-4-3-5-7-12/h3-8H,9H2,1-2H3. The van der Waals surface area contributed by atoms with Gasteiger partial charge in [-0.3, -0.25) is 0 Å². The molecule has 21 heavy (non-hydrogen) atoms. The Hall–Kier alpha value is -2.76. The summed E-state index contributed by atoms with van der Waals surface area (Å²) in [4.78, 5) is 4.28. The van der Waals surface area contributed by atoms with Crippen LogP contribution in [-0.2, 0) is 6.61 Å². The summed E-state index contributed by atoms with van der Waals surface area (Å²) in [6.45, 7) is 4.05. The summed E-state index contributed by atoms with van der Waals surface area (Å²) in [6.07, 6.45) is 0. The van der Waals surface area contributed by atoms with Crippen LogP contribution in [0.25, 0.3) is 11.5 Å². The van der Waals surface area contributed by atoms with Crippen molar-refractivity contribution in [1.82, 2.24) is 20.3 Å². The van der Waals surface area contributed by atoms with Crippen molar-refractivity contribution in [3.8, 4) is 17.3 Å². The lowest BCUT2D eigenvalue weighted by molar-refractivity contribution is 0.273. The molecule has 0 unspecified atom stereocenters. The first-order chi connectivity index (χ1) is 10.2. The zero-order valence-corrected chi connectivity index (χ0v) is 11.8. The van der Waals surface area contributed by atoms with Crippen LogP contribution < -0.4 is 4.74 Å². The van der Waals surface area contributed by atoms with Gasteiger partial charge >= 0.3 is 0 Å². The Bertz CT molecular complexity index is 740. The van der Waals surface area contributed by atoms with Crippen molar-refractivity contribution in [2.24, 2.45) is 0 Å². The summed E-state index contributed by atoms with van der Waals surface area (Å²) < 4.78 is 10.7. The first kappa shape index (κ1) is 13.2. The number of hydrogen-bond donors (Lipinski definition) is 0. The average Bonchev–Trinajstić information content (AvgIpc) is 2.98. The van der Waals surface area contributed by atoms with Crippen LogP contribution in [0.4, 0.5) is 0 Å². The lowest BCUT2D eigenvalue weighted by Crippen LogP contribution is -2.01. The molecule has 0 aliphatic heterocycles. The van der Waals surface area contributed by atoms with Crippen LogP contribution in [0.3, 0.4) is 0 Å². The van der Waals surface area contributed by atoms with E-state index in [9.17, 15) is 0 Å². The molecule has 0 radical (unpaired) electrons. The van der Waals surface area contributed by atoms with E-state index in [0.29, 0.717) is 17.6 Å². The summed E-state index contributed by atoms with van der Waals surface area (Å²) in [5.41, 5.74) is 2.79. The molecule has 6 nitrogen and oxygen atoms in total. The minimum Gasteiger partial charge on any atom is -0.468 e. The van der Waals surface area contributed by atoms with E-state index < -0.39 is 0 Å². The molecule has 2 aromatic heterocycles. The summed E-state index contributed by atoms with van der Waals surface area (Å²) in [6, 6.07) is 11.4. The number of benzene rings is 1. The minimum atomic E-state index is 0.188. The second-order valence-corrected chi connectivity index (χ2v) is 4.62. The SMILES string of the molecule is Cc1cc(OCc2noc(-c3ccccc3)n2)nnc1C. The summed E-state index contributed by atoms with van der Waals surface area (Å²) >= 11 is 0. The fourth-order valence-corrected chi connectivity index (χ4v) is 1.74. The van der Waals surface area contributed by atoms with Crippen LogP contribution in [0.5, 0.6) is 5.88 Å². The predicted octanol–water partition coefficient (Wildman–Crippen LogP) is 2.72. The third kappa shape index (κ3) is 3.05. The molecule has 0 spiro atoms. The van der Waals surface area contributed by atoms with E-state index in [2.05, 4.69) is 20.3 Å². The number of nitrogens with zero attached hydrogens (tertiary/aromatic N) is 4. The Morgan fingerprint density at radius 2 is 1.90 bits per heavy atom. The molecule has 6 heteroatoms. The van der Waals surface area contributed by atoms with E-state index >= 15 is 0 Å². The molecular formula is C15H14N4O2. The monoisotopic (exact) mass is 282 g/mol. The van der Waals surface area contributed by atoms with Gasteiger partial charge in [0.2, 0.25) is 11.7 Å². The molecule has 2 heterocycles. The average molecular weight is 282 g/mol. The molecule has 1 aromatic carbocycles. The number of hydrogen-bond acceptors (Lipinski definition) is 6. The van der Waals surface area contributed by atoms with Gasteiger partial charge in [-0.15, -0.1) is 5.10 Å². The Balaban J connectivity index is 1.69. The Kier molecular flexibility index (Phi) is 3.59. The van der Waals surface area contributed by atoms with Crippen LogP contribution in [0.15, 0.2) is 40.9 Å². The highest BCUT2D eigenvalue weighted by Gasteiger charge is 2.09. The lowest BCUT2D eigenvalue weighted by Gasteiger charge is -2.03. The summed E-state index contributed by atoms with van der Waals surface area (Å²) in [5, 5.41) is 11.9. The van der Waals surface area contributed by atoms with Crippen molar-refractivity contribution in [3.63, 3.8) is 0 Å². The van der Waals surface area contributed by atoms with Gasteiger partial charge in [0.25, 0.3) is 5.89 Å². The first-order valence-corrected chi connectivity index (χ1v) is 6.54. The molecule has 0 saturated carbocycles. The van der Waals surface area contributed by atoms with Crippen molar-refractivity contribution < 1.29 is 9.26 Å². The van der Waals surface area contributed by atoms with Gasteiger partial charge in [0, 0.05) is 11.6 Å². The third-order valence-corrected chi connectivity index (χ3v) is 3.05. The van der Waals surface area contributed by atoms with E-state index in [0.717, 1.165) is 16.8 Å². The van der Waals surface area contributed by atoms with Crippen molar-refractivity contribution in [2.75, 3.05) is 0 Å². The second kappa shape index (κ2) is 5.70. The Morgan fingerprint density at radius 1 is 1.10 bits per heavy atom. The van der Waals surface area contributed by atoms with Gasteiger partial charge < -0.3 is 9.26 Å². The highest BCUT2D eigenvalue weighted by atomic mass is 16.5. The van der Waals surface area contributed by atoms with Gasteiger partial charge in [-0.05, 0) is 31.5 Å². The maximum Gasteiger partial charge on any atom is 0.258 e. The van der Waals surface area contributed by atoms with Gasteiger partial charge in [-0.25, -0.2) is 0 Å². The summed E-state index contributed by atoms with van der Waals surface area (Å²) in [7, 11) is 0. The Labute approximate surface area is 121 Å². The first-order valence-electron chi connectivity index (χ1n) is 6.54. The smallest absolute Gasteiger partial charge is 0.258 e. The van der Waals surface area contributed by atoms with E-state index in [1.165, 1.54) is 0 Å². The molecule has 0 N–H and O–H groups in total. The largest absolute Gasteiger partial charge is 0.468 e. The number of aromatic nitrogens is 4. The van der Waals surface area contributed by atoms with Crippen LogP contribution in [0.2, 0.25) is 0 Å². The number of ether oxygens (including phenoxy) is 1. The molecule has 0 atom stereocenters. The van der Waals surface area contributed by atoms with Crippen molar-refractivity contribution in [3.05, 3.63) is 53.5 Å². The molecular weight excluding hydrogens is 268 g/mol. The van der Waals surface area contributed by atoms with Crippen LogP contribution >= 0.6 is 0 Å². The van der Waals surface area contributed by atoms with Crippen LogP contribution in [0.1, 0.15) is 17.1 Å². The van der Waals surface area contributed by atoms with Crippen molar-refractivity contribution in [1.29, 1.82) is 0 Å². The molecule has 0 aliphatic carbocycles. The molecule has 0 aliphatic rings. The van der Waals surface area contributed by atoms with E-state index in [1.54, 1.807) is 0 Å². The van der Waals surface area contributed by atoms with Gasteiger partial charge in [0.05, 0.1) is 5.69 Å². The zero-order chi connectivity index (χ0) is 14.7. The van der Waals surface area contributed by atoms with Crippen molar-refractivity contribution in [2.45, 2.75) is 20.5 Å². The number of aryl methyl sites for hydroxylation is 2. The zero-order valence-electron chi connectivity index (χ0n) is 11.8. The van der Waals surface area contributed by atoms with Crippen LogP contribution in [-0.4, -0.2) is 20.3 Å². The Morgan fingerprint density at radius 3 is 2.67 bits per heavy atom. The molecule has 0 saturated heterocycles. The maximum absolute atomic E-state index is 5.52. The lowest BCUT2D eigenvalue weighted by atomic mass is 10.2. The molecule has 0 bridgehead atoms.